The molecule has 0 radical (unpaired) electrons. The molecule has 0 fully saturated rings. The Labute approximate surface area is 60.0 Å². The lowest BCUT2D eigenvalue weighted by atomic mass is 10.2. The lowest BCUT2D eigenvalue weighted by Gasteiger charge is -1.93. The molecule has 50 valence electrons. The van der Waals surface area contributed by atoms with Gasteiger partial charge in [-0.2, -0.15) is 0 Å². The summed E-state index contributed by atoms with van der Waals surface area (Å²) in [5.74, 6) is 1.02. The maximum atomic E-state index is 5.34. The molecule has 2 aliphatic rings. The van der Waals surface area contributed by atoms with Gasteiger partial charge in [-0.15, -0.1) is 5.73 Å². The van der Waals surface area contributed by atoms with Gasteiger partial charge in [0.15, 0.2) is 0 Å². The lowest BCUT2D eigenvalue weighted by molar-refractivity contribution is 0.257. The SMILES string of the molecule is C1=CC=CC2=C(C=1)CCO2. The summed E-state index contributed by atoms with van der Waals surface area (Å²) in [5, 5.41) is 0. The first-order valence-electron chi connectivity index (χ1n) is 3.42. The van der Waals surface area contributed by atoms with Crippen molar-refractivity contribution in [2.75, 3.05) is 6.61 Å². The third-order valence-corrected chi connectivity index (χ3v) is 1.64. The molecule has 0 saturated heterocycles. The molecule has 1 aliphatic heterocycles. The highest BCUT2D eigenvalue weighted by atomic mass is 16.5. The van der Waals surface area contributed by atoms with Gasteiger partial charge in [-0.3, -0.25) is 0 Å². The second kappa shape index (κ2) is 2.20. The van der Waals surface area contributed by atoms with E-state index >= 15 is 0 Å². The molecule has 0 bridgehead atoms. The second-order valence-electron chi connectivity index (χ2n) is 2.32. The number of ether oxygens (including phenoxy) is 1. The van der Waals surface area contributed by atoms with E-state index in [4.69, 9.17) is 4.74 Å². The maximum Gasteiger partial charge on any atom is 0.123 e. The zero-order chi connectivity index (χ0) is 6.81. The average molecular weight is 132 g/mol. The highest BCUT2D eigenvalue weighted by Gasteiger charge is 2.10. The molecule has 0 saturated carbocycles. The quantitative estimate of drug-likeness (QED) is 0.458. The van der Waals surface area contributed by atoms with Crippen LogP contribution in [0.5, 0.6) is 0 Å². The largest absolute Gasteiger partial charge is 0.493 e. The Morgan fingerprint density at radius 3 is 3.50 bits per heavy atom. The molecule has 1 heterocycles. The fraction of sp³-hybridized carbons (Fsp3) is 0.222. The molecule has 0 N–H and O–H groups in total. The molecule has 0 spiro atoms. The highest BCUT2D eigenvalue weighted by molar-refractivity contribution is 5.35. The van der Waals surface area contributed by atoms with Crippen LogP contribution in [-0.2, 0) is 4.74 Å². The average Bonchev–Trinajstić information content (AvgIpc) is 2.28. The molecule has 0 amide bonds. The predicted molar refractivity (Wildman–Crippen MR) is 39.4 cm³/mol. The molecule has 0 aromatic heterocycles. The lowest BCUT2D eigenvalue weighted by Crippen LogP contribution is -1.78. The molecule has 0 atom stereocenters. The fourth-order valence-corrected chi connectivity index (χ4v) is 1.13. The van der Waals surface area contributed by atoms with Gasteiger partial charge < -0.3 is 4.74 Å². The summed E-state index contributed by atoms with van der Waals surface area (Å²) in [6, 6.07) is 0. The Bertz CT molecular complexity index is 262. The Morgan fingerprint density at radius 2 is 2.50 bits per heavy atom. The van der Waals surface area contributed by atoms with E-state index in [1.54, 1.807) is 0 Å². The maximum absolute atomic E-state index is 5.34. The smallest absolute Gasteiger partial charge is 0.123 e. The van der Waals surface area contributed by atoms with E-state index in [-0.39, 0.29) is 0 Å². The van der Waals surface area contributed by atoms with Crippen LogP contribution in [-0.4, -0.2) is 6.61 Å². The van der Waals surface area contributed by atoms with Crippen molar-refractivity contribution in [3.8, 4) is 0 Å². The minimum absolute atomic E-state index is 0.827. The third-order valence-electron chi connectivity index (χ3n) is 1.64. The molecule has 0 aromatic carbocycles. The molecule has 0 unspecified atom stereocenters. The second-order valence-corrected chi connectivity index (χ2v) is 2.32. The van der Waals surface area contributed by atoms with E-state index in [0.29, 0.717) is 0 Å². The van der Waals surface area contributed by atoms with Gasteiger partial charge in [-0.05, 0) is 18.2 Å². The fourth-order valence-electron chi connectivity index (χ4n) is 1.13. The third kappa shape index (κ3) is 0.810. The van der Waals surface area contributed by atoms with Crippen LogP contribution in [0.15, 0.2) is 41.4 Å². The summed E-state index contributed by atoms with van der Waals surface area (Å²) in [6.07, 6.45) is 8.84. The first-order valence-corrected chi connectivity index (χ1v) is 3.42. The van der Waals surface area contributed by atoms with Crippen LogP contribution in [0.3, 0.4) is 0 Å². The van der Waals surface area contributed by atoms with Crippen molar-refractivity contribution in [3.63, 3.8) is 0 Å². The van der Waals surface area contributed by atoms with E-state index < -0.39 is 0 Å². The molecule has 1 heteroatoms. The summed E-state index contributed by atoms with van der Waals surface area (Å²) in [5.41, 5.74) is 4.31. The van der Waals surface area contributed by atoms with Crippen molar-refractivity contribution in [2.45, 2.75) is 6.42 Å². The number of allylic oxidation sites excluding steroid dienone is 3. The van der Waals surface area contributed by atoms with Gasteiger partial charge in [0.05, 0.1) is 6.61 Å². The summed E-state index contributed by atoms with van der Waals surface area (Å²) < 4.78 is 5.34. The van der Waals surface area contributed by atoms with Gasteiger partial charge in [-0.1, -0.05) is 6.08 Å². The van der Waals surface area contributed by atoms with Crippen molar-refractivity contribution >= 4 is 0 Å². The van der Waals surface area contributed by atoms with E-state index in [0.717, 1.165) is 18.8 Å². The minimum Gasteiger partial charge on any atom is -0.493 e. The van der Waals surface area contributed by atoms with Crippen molar-refractivity contribution in [1.29, 1.82) is 0 Å². The summed E-state index contributed by atoms with van der Waals surface area (Å²) in [6.45, 7) is 0.827. The van der Waals surface area contributed by atoms with Crippen LogP contribution in [0, 0.1) is 0 Å². The zero-order valence-electron chi connectivity index (χ0n) is 5.63. The Hall–Kier alpha value is -1.20. The van der Waals surface area contributed by atoms with Gasteiger partial charge in [0.1, 0.15) is 5.76 Å². The van der Waals surface area contributed by atoms with Crippen molar-refractivity contribution < 1.29 is 4.74 Å². The topological polar surface area (TPSA) is 9.23 Å². The molecule has 1 aliphatic carbocycles. The molecule has 0 aromatic rings. The minimum atomic E-state index is 0.827. The molecule has 2 rings (SSSR count). The van der Waals surface area contributed by atoms with Gasteiger partial charge in [-0.25, -0.2) is 0 Å². The summed E-state index contributed by atoms with van der Waals surface area (Å²) in [7, 11) is 0. The first kappa shape index (κ1) is 5.57. The molecular formula is C9H8O. The van der Waals surface area contributed by atoms with E-state index in [1.807, 2.05) is 24.3 Å². The Kier molecular flexibility index (Phi) is 1.23. The molecular weight excluding hydrogens is 124 g/mol. The Morgan fingerprint density at radius 1 is 1.50 bits per heavy atom. The van der Waals surface area contributed by atoms with Crippen LogP contribution in [0.1, 0.15) is 6.42 Å². The zero-order valence-corrected chi connectivity index (χ0v) is 5.63. The van der Waals surface area contributed by atoms with Gasteiger partial charge >= 0.3 is 0 Å². The Balaban J connectivity index is 2.44. The standard InChI is InChI=1S/C9H8O/c1-2-4-8-6-7-10-9(8)5-3-1/h1,3-5H,6-7H2. The van der Waals surface area contributed by atoms with Gasteiger partial charge in [0.2, 0.25) is 0 Å². The number of rotatable bonds is 0. The number of hydrogen-bond donors (Lipinski definition) is 0. The van der Waals surface area contributed by atoms with Crippen LogP contribution < -0.4 is 0 Å². The van der Waals surface area contributed by atoms with Crippen LogP contribution in [0.4, 0.5) is 0 Å². The summed E-state index contributed by atoms with van der Waals surface area (Å²) in [4.78, 5) is 0. The van der Waals surface area contributed by atoms with E-state index in [2.05, 4.69) is 5.73 Å². The predicted octanol–water partition coefficient (Wildman–Crippen LogP) is 1.94. The van der Waals surface area contributed by atoms with Crippen LogP contribution in [0.25, 0.3) is 0 Å². The van der Waals surface area contributed by atoms with E-state index in [1.165, 1.54) is 5.57 Å². The van der Waals surface area contributed by atoms with E-state index in [9.17, 15) is 0 Å². The van der Waals surface area contributed by atoms with Crippen LogP contribution in [0.2, 0.25) is 0 Å². The van der Waals surface area contributed by atoms with Crippen molar-refractivity contribution in [2.24, 2.45) is 0 Å². The summed E-state index contributed by atoms with van der Waals surface area (Å²) >= 11 is 0. The van der Waals surface area contributed by atoms with Crippen molar-refractivity contribution in [1.82, 2.24) is 0 Å². The molecule has 1 nitrogen and oxygen atoms in total. The monoisotopic (exact) mass is 132 g/mol. The van der Waals surface area contributed by atoms with Crippen LogP contribution >= 0.6 is 0 Å². The highest BCUT2D eigenvalue weighted by Crippen LogP contribution is 2.21. The van der Waals surface area contributed by atoms with Gasteiger partial charge in [0.25, 0.3) is 0 Å². The van der Waals surface area contributed by atoms with Gasteiger partial charge in [0, 0.05) is 12.0 Å². The number of hydrogen-bond acceptors (Lipinski definition) is 1. The molecule has 10 heavy (non-hydrogen) atoms. The van der Waals surface area contributed by atoms with Crippen molar-refractivity contribution in [3.05, 3.63) is 41.4 Å². The normalized spacial score (nSPS) is 20.8. The first-order chi connectivity index (χ1) is 4.97.